The number of hydrogen-bond acceptors (Lipinski definition) is 7. The summed E-state index contributed by atoms with van der Waals surface area (Å²) in [4.78, 5) is 23.1. The van der Waals surface area contributed by atoms with Gasteiger partial charge < -0.3 is 29.0 Å². The smallest absolute Gasteiger partial charge is 0.412 e. The first-order valence-electron chi connectivity index (χ1n) is 11.8. The molecule has 3 rings (SSSR count). The van der Waals surface area contributed by atoms with Gasteiger partial charge >= 0.3 is 12.1 Å². The van der Waals surface area contributed by atoms with Crippen LogP contribution in [0.25, 0.3) is 10.8 Å². The van der Waals surface area contributed by atoms with Gasteiger partial charge in [0.1, 0.15) is 18.1 Å². The number of ether oxygens (including phenoxy) is 5. The van der Waals surface area contributed by atoms with E-state index in [1.54, 1.807) is 6.07 Å². The minimum Gasteiger partial charge on any atom is -0.493 e. The second-order valence-electron chi connectivity index (χ2n) is 7.60. The summed E-state index contributed by atoms with van der Waals surface area (Å²) in [5.41, 5.74) is 1.21. The molecule has 0 aromatic heterocycles. The number of carbonyl (C=O) groups excluding carboxylic acids is 2. The Hall–Kier alpha value is -3.88. The van der Waals surface area contributed by atoms with E-state index in [4.69, 9.17) is 23.7 Å². The van der Waals surface area contributed by atoms with E-state index in [-0.39, 0.29) is 19.8 Å². The Morgan fingerprint density at radius 3 is 2.17 bits per heavy atom. The molecule has 0 fully saturated rings. The van der Waals surface area contributed by atoms with Crippen LogP contribution in [0.15, 0.2) is 79.4 Å². The van der Waals surface area contributed by atoms with Crippen molar-refractivity contribution in [3.63, 3.8) is 0 Å². The van der Waals surface area contributed by atoms with E-state index >= 15 is 0 Å². The van der Waals surface area contributed by atoms with Crippen molar-refractivity contribution in [2.75, 3.05) is 46.2 Å². The van der Waals surface area contributed by atoms with Crippen LogP contribution in [0.4, 0.5) is 4.79 Å². The first-order valence-corrected chi connectivity index (χ1v) is 11.8. The van der Waals surface area contributed by atoms with E-state index in [2.05, 4.69) is 24.0 Å². The van der Waals surface area contributed by atoms with E-state index in [0.29, 0.717) is 32.2 Å². The minimum absolute atomic E-state index is 0.160. The monoisotopic (exact) mass is 493 g/mol. The molecule has 36 heavy (non-hydrogen) atoms. The standard InChI is InChI=1S/C28H31NO7/c1-2-27(30)35-21-20-33-19-18-32-17-15-29-28(31)36-26-13-7-10-23-24(26)11-6-12-25(23)34-16-14-22-8-4-3-5-9-22/h2-13H,1,14-21H2,(H,29,31). The summed E-state index contributed by atoms with van der Waals surface area (Å²) in [7, 11) is 0. The number of fused-ring (bicyclic) bond motifs is 1. The molecule has 0 aliphatic rings. The fraction of sp³-hybridized carbons (Fsp3) is 0.286. The Labute approximate surface area is 210 Å². The molecule has 0 aliphatic carbocycles. The maximum atomic E-state index is 12.3. The SMILES string of the molecule is C=CC(=O)OCCOCCOCCNC(=O)Oc1cccc2c(OCCc3ccccc3)cccc12. The minimum atomic E-state index is -0.568. The maximum Gasteiger partial charge on any atom is 0.412 e. The molecule has 0 spiro atoms. The molecular formula is C28H31NO7. The normalized spacial score (nSPS) is 10.6. The largest absolute Gasteiger partial charge is 0.493 e. The predicted octanol–water partition coefficient (Wildman–Crippen LogP) is 4.31. The van der Waals surface area contributed by atoms with Crippen molar-refractivity contribution in [2.24, 2.45) is 0 Å². The van der Waals surface area contributed by atoms with E-state index in [9.17, 15) is 9.59 Å². The summed E-state index contributed by atoms with van der Waals surface area (Å²) in [5.74, 6) is 0.706. The summed E-state index contributed by atoms with van der Waals surface area (Å²) in [5, 5.41) is 4.33. The van der Waals surface area contributed by atoms with Crippen molar-refractivity contribution in [2.45, 2.75) is 6.42 Å². The zero-order valence-corrected chi connectivity index (χ0v) is 20.1. The lowest BCUT2D eigenvalue weighted by atomic mass is 10.1. The summed E-state index contributed by atoms with van der Waals surface area (Å²) in [6.45, 7) is 5.58. The number of carbonyl (C=O) groups is 2. The second-order valence-corrected chi connectivity index (χ2v) is 7.60. The molecule has 0 aliphatic heterocycles. The molecule has 0 atom stereocenters. The van der Waals surface area contributed by atoms with E-state index in [1.165, 1.54) is 5.56 Å². The summed E-state index contributed by atoms with van der Waals surface area (Å²) < 4.78 is 27.0. The van der Waals surface area contributed by atoms with Crippen molar-refractivity contribution in [3.8, 4) is 11.5 Å². The molecule has 3 aromatic rings. The number of nitrogens with one attached hydrogen (secondary N) is 1. The Balaban J connectivity index is 1.37. The van der Waals surface area contributed by atoms with Gasteiger partial charge in [0.25, 0.3) is 0 Å². The zero-order chi connectivity index (χ0) is 25.4. The highest BCUT2D eigenvalue weighted by molar-refractivity contribution is 5.94. The molecule has 0 saturated carbocycles. The highest BCUT2D eigenvalue weighted by atomic mass is 16.6. The van der Waals surface area contributed by atoms with Gasteiger partial charge in [-0.2, -0.15) is 0 Å². The quantitative estimate of drug-likeness (QED) is 0.192. The Bertz CT molecular complexity index is 1120. The molecule has 0 radical (unpaired) electrons. The molecule has 0 bridgehead atoms. The molecule has 0 heterocycles. The molecule has 190 valence electrons. The predicted molar refractivity (Wildman–Crippen MR) is 136 cm³/mol. The molecule has 1 N–H and O–H groups in total. The third kappa shape index (κ3) is 9.05. The van der Waals surface area contributed by atoms with Gasteiger partial charge in [0.15, 0.2) is 0 Å². The molecule has 0 unspecified atom stereocenters. The van der Waals surface area contributed by atoms with Crippen molar-refractivity contribution in [3.05, 3.63) is 84.9 Å². The van der Waals surface area contributed by atoms with Crippen molar-refractivity contribution < 1.29 is 33.3 Å². The number of esters is 1. The Morgan fingerprint density at radius 1 is 0.750 bits per heavy atom. The summed E-state index contributed by atoms with van der Waals surface area (Å²) in [6, 6.07) is 21.4. The topological polar surface area (TPSA) is 92.3 Å². The lowest BCUT2D eigenvalue weighted by Crippen LogP contribution is -2.30. The molecular weight excluding hydrogens is 462 g/mol. The van der Waals surface area contributed by atoms with Crippen LogP contribution < -0.4 is 14.8 Å². The highest BCUT2D eigenvalue weighted by Gasteiger charge is 2.10. The van der Waals surface area contributed by atoms with Gasteiger partial charge in [0.2, 0.25) is 0 Å². The lowest BCUT2D eigenvalue weighted by Gasteiger charge is -2.13. The molecule has 3 aromatic carbocycles. The number of benzene rings is 3. The van der Waals surface area contributed by atoms with Gasteiger partial charge in [0, 0.05) is 29.8 Å². The third-order valence-corrected chi connectivity index (χ3v) is 5.06. The number of hydrogen-bond donors (Lipinski definition) is 1. The average Bonchev–Trinajstić information content (AvgIpc) is 2.90. The fourth-order valence-electron chi connectivity index (χ4n) is 3.33. The highest BCUT2D eigenvalue weighted by Crippen LogP contribution is 2.32. The van der Waals surface area contributed by atoms with Crippen LogP contribution in [-0.4, -0.2) is 58.2 Å². The summed E-state index contributed by atoms with van der Waals surface area (Å²) >= 11 is 0. The van der Waals surface area contributed by atoms with Gasteiger partial charge in [-0.1, -0.05) is 61.2 Å². The second kappa shape index (κ2) is 15.2. The van der Waals surface area contributed by atoms with Crippen LogP contribution in [0.2, 0.25) is 0 Å². The van der Waals surface area contributed by atoms with Gasteiger partial charge in [-0.25, -0.2) is 9.59 Å². The fourth-order valence-corrected chi connectivity index (χ4v) is 3.33. The van der Waals surface area contributed by atoms with Crippen LogP contribution in [-0.2, 0) is 25.4 Å². The summed E-state index contributed by atoms with van der Waals surface area (Å²) in [6.07, 6.45) is 1.33. The molecule has 8 heteroatoms. The average molecular weight is 494 g/mol. The first-order chi connectivity index (χ1) is 17.7. The van der Waals surface area contributed by atoms with Crippen LogP contribution in [0, 0.1) is 0 Å². The van der Waals surface area contributed by atoms with Gasteiger partial charge in [0.05, 0.1) is 33.0 Å². The first kappa shape index (κ1) is 26.7. The number of amides is 1. The lowest BCUT2D eigenvalue weighted by molar-refractivity contribution is -0.139. The Kier molecular flexibility index (Phi) is 11.3. The third-order valence-electron chi connectivity index (χ3n) is 5.06. The molecule has 8 nitrogen and oxygen atoms in total. The Morgan fingerprint density at radius 2 is 1.42 bits per heavy atom. The van der Waals surface area contributed by atoms with Gasteiger partial charge in [-0.15, -0.1) is 0 Å². The van der Waals surface area contributed by atoms with Crippen LogP contribution in [0.3, 0.4) is 0 Å². The maximum absolute atomic E-state index is 12.3. The van der Waals surface area contributed by atoms with Gasteiger partial charge in [-0.3, -0.25) is 0 Å². The van der Waals surface area contributed by atoms with Crippen molar-refractivity contribution >= 4 is 22.8 Å². The molecule has 0 saturated heterocycles. The van der Waals surface area contributed by atoms with E-state index in [1.807, 2.05) is 48.5 Å². The van der Waals surface area contributed by atoms with Crippen molar-refractivity contribution in [1.82, 2.24) is 5.32 Å². The van der Waals surface area contributed by atoms with E-state index < -0.39 is 12.1 Å². The van der Waals surface area contributed by atoms with Crippen molar-refractivity contribution in [1.29, 1.82) is 0 Å². The number of rotatable bonds is 15. The van der Waals surface area contributed by atoms with E-state index in [0.717, 1.165) is 29.0 Å². The molecule has 1 amide bonds. The van der Waals surface area contributed by atoms with Crippen LogP contribution >= 0.6 is 0 Å². The van der Waals surface area contributed by atoms with Gasteiger partial charge in [-0.05, 0) is 17.7 Å². The zero-order valence-electron chi connectivity index (χ0n) is 20.1. The van der Waals surface area contributed by atoms with Crippen LogP contribution in [0.1, 0.15) is 5.56 Å². The van der Waals surface area contributed by atoms with Crippen LogP contribution in [0.5, 0.6) is 11.5 Å².